The largest absolute Gasteiger partial charge is 0.396 e. The first kappa shape index (κ1) is 15.9. The van der Waals surface area contributed by atoms with Crippen LogP contribution in [0.5, 0.6) is 0 Å². The molecule has 0 spiro atoms. The van der Waals surface area contributed by atoms with Crippen molar-refractivity contribution in [3.8, 4) is 0 Å². The molecule has 0 aliphatic heterocycles. The molecule has 1 aliphatic rings. The topological polar surface area (TPSA) is 63.4 Å². The van der Waals surface area contributed by atoms with Crippen LogP contribution in [0.2, 0.25) is 10.0 Å². The zero-order valence-corrected chi connectivity index (χ0v) is 13.6. The summed E-state index contributed by atoms with van der Waals surface area (Å²) >= 11 is 11.9. The maximum Gasteiger partial charge on any atom is 0.244 e. The minimum atomic E-state index is -3.63. The van der Waals surface area contributed by atoms with Crippen LogP contribution in [0.1, 0.15) is 25.7 Å². The lowest BCUT2D eigenvalue weighted by Gasteiger charge is -2.21. The highest BCUT2D eigenvalue weighted by Crippen LogP contribution is 2.35. The average molecular weight is 337 g/mol. The standard InChI is InChI=1S/C13H18Cl2N2O2S/c1-17(8-9-4-2-3-5-9)20(18,19)11-7-6-10(14)13(16)12(11)15/h6-7,9H,2-5,8,16H2,1H3. The Labute approximate surface area is 129 Å². The monoisotopic (exact) mass is 336 g/mol. The van der Waals surface area contributed by atoms with Gasteiger partial charge < -0.3 is 5.73 Å². The van der Waals surface area contributed by atoms with Crippen molar-refractivity contribution in [2.24, 2.45) is 5.92 Å². The third-order valence-electron chi connectivity index (χ3n) is 3.77. The van der Waals surface area contributed by atoms with Gasteiger partial charge in [0, 0.05) is 13.6 Å². The van der Waals surface area contributed by atoms with E-state index in [0.29, 0.717) is 12.5 Å². The van der Waals surface area contributed by atoms with Gasteiger partial charge in [0.1, 0.15) is 4.90 Å². The van der Waals surface area contributed by atoms with Gasteiger partial charge in [-0.2, -0.15) is 0 Å². The van der Waals surface area contributed by atoms with E-state index in [1.54, 1.807) is 7.05 Å². The average Bonchev–Trinajstić information content (AvgIpc) is 2.88. The molecule has 0 saturated heterocycles. The molecule has 1 saturated carbocycles. The molecular formula is C13H18Cl2N2O2S. The first-order chi connectivity index (χ1) is 9.34. The Morgan fingerprint density at radius 2 is 1.90 bits per heavy atom. The summed E-state index contributed by atoms with van der Waals surface area (Å²) in [7, 11) is -2.06. The molecular weight excluding hydrogens is 319 g/mol. The third-order valence-corrected chi connectivity index (χ3v) is 6.48. The van der Waals surface area contributed by atoms with Crippen LogP contribution in [0.15, 0.2) is 17.0 Å². The molecule has 0 radical (unpaired) electrons. The minimum absolute atomic E-state index is 0.00391. The second-order valence-electron chi connectivity index (χ2n) is 5.21. The summed E-state index contributed by atoms with van der Waals surface area (Å²) in [6, 6.07) is 2.86. The number of sulfonamides is 1. The number of hydrogen-bond donors (Lipinski definition) is 1. The van der Waals surface area contributed by atoms with E-state index in [9.17, 15) is 8.42 Å². The normalized spacial score (nSPS) is 17.0. The van der Waals surface area contributed by atoms with Gasteiger partial charge in [0.2, 0.25) is 10.0 Å². The van der Waals surface area contributed by atoms with Crippen LogP contribution in [-0.4, -0.2) is 26.3 Å². The van der Waals surface area contributed by atoms with Crippen LogP contribution in [0.25, 0.3) is 0 Å². The van der Waals surface area contributed by atoms with Gasteiger partial charge in [-0.1, -0.05) is 36.0 Å². The second kappa shape index (κ2) is 6.10. The van der Waals surface area contributed by atoms with Gasteiger partial charge in [0.25, 0.3) is 0 Å². The molecule has 0 aromatic heterocycles. The molecule has 2 rings (SSSR count). The molecule has 0 amide bonds. The van der Waals surface area contributed by atoms with Gasteiger partial charge in [-0.05, 0) is 30.9 Å². The SMILES string of the molecule is CN(CC1CCCC1)S(=O)(=O)c1ccc(Cl)c(N)c1Cl. The van der Waals surface area contributed by atoms with Crippen LogP contribution >= 0.6 is 23.2 Å². The number of hydrogen-bond acceptors (Lipinski definition) is 3. The summed E-state index contributed by atoms with van der Waals surface area (Å²) in [5.74, 6) is 0.429. The predicted octanol–water partition coefficient (Wildman–Crippen LogP) is 3.39. The summed E-state index contributed by atoms with van der Waals surface area (Å²) in [5.41, 5.74) is 5.80. The number of nitrogen functional groups attached to an aromatic ring is 1. The molecule has 2 N–H and O–H groups in total. The summed E-state index contributed by atoms with van der Waals surface area (Å²) in [6.45, 7) is 0.515. The summed E-state index contributed by atoms with van der Waals surface area (Å²) in [4.78, 5) is 0.0153. The molecule has 112 valence electrons. The summed E-state index contributed by atoms with van der Waals surface area (Å²) in [6.07, 6.45) is 4.51. The summed E-state index contributed by atoms with van der Waals surface area (Å²) in [5, 5.41) is 0.253. The Morgan fingerprint density at radius 1 is 1.30 bits per heavy atom. The van der Waals surface area contributed by atoms with E-state index < -0.39 is 10.0 Å². The van der Waals surface area contributed by atoms with E-state index in [1.165, 1.54) is 29.3 Å². The van der Waals surface area contributed by atoms with Gasteiger partial charge in [-0.3, -0.25) is 0 Å². The fourth-order valence-corrected chi connectivity index (χ4v) is 4.55. The maximum absolute atomic E-state index is 12.5. The Kier molecular flexibility index (Phi) is 4.84. The van der Waals surface area contributed by atoms with Crippen molar-refractivity contribution in [3.05, 3.63) is 22.2 Å². The van der Waals surface area contributed by atoms with Crippen molar-refractivity contribution in [2.75, 3.05) is 19.3 Å². The third kappa shape index (κ3) is 3.06. The lowest BCUT2D eigenvalue weighted by Crippen LogP contribution is -2.31. The molecule has 1 aliphatic carbocycles. The van der Waals surface area contributed by atoms with Gasteiger partial charge in [-0.25, -0.2) is 12.7 Å². The fourth-order valence-electron chi connectivity index (χ4n) is 2.57. The van der Waals surface area contributed by atoms with Crippen molar-refractivity contribution in [3.63, 3.8) is 0 Å². The first-order valence-corrected chi connectivity index (χ1v) is 8.73. The molecule has 20 heavy (non-hydrogen) atoms. The highest BCUT2D eigenvalue weighted by Gasteiger charge is 2.28. The van der Waals surface area contributed by atoms with Gasteiger partial charge in [0.15, 0.2) is 0 Å². The van der Waals surface area contributed by atoms with Crippen molar-refractivity contribution >= 4 is 38.9 Å². The van der Waals surface area contributed by atoms with E-state index in [4.69, 9.17) is 28.9 Å². The molecule has 4 nitrogen and oxygen atoms in total. The van der Waals surface area contributed by atoms with Gasteiger partial charge >= 0.3 is 0 Å². The number of nitrogens with two attached hydrogens (primary N) is 1. The zero-order chi connectivity index (χ0) is 14.9. The van der Waals surface area contributed by atoms with E-state index in [0.717, 1.165) is 12.8 Å². The highest BCUT2D eigenvalue weighted by molar-refractivity contribution is 7.89. The Hall–Kier alpha value is -0.490. The molecule has 0 bridgehead atoms. The van der Waals surface area contributed by atoms with Crippen molar-refractivity contribution in [2.45, 2.75) is 30.6 Å². The lowest BCUT2D eigenvalue weighted by atomic mass is 10.1. The first-order valence-electron chi connectivity index (χ1n) is 6.54. The van der Waals surface area contributed by atoms with Crippen LogP contribution in [0.3, 0.4) is 0 Å². The molecule has 0 unspecified atom stereocenters. The second-order valence-corrected chi connectivity index (χ2v) is 8.01. The Balaban J connectivity index is 2.27. The van der Waals surface area contributed by atoms with Crippen LogP contribution < -0.4 is 5.73 Å². The number of halogens is 2. The molecule has 0 atom stereocenters. The smallest absolute Gasteiger partial charge is 0.244 e. The quantitative estimate of drug-likeness (QED) is 0.857. The number of benzene rings is 1. The van der Waals surface area contributed by atoms with Crippen molar-refractivity contribution < 1.29 is 8.42 Å². The van der Waals surface area contributed by atoms with E-state index in [-0.39, 0.29) is 20.6 Å². The number of anilines is 1. The molecule has 7 heteroatoms. The van der Waals surface area contributed by atoms with Crippen LogP contribution in [0, 0.1) is 5.92 Å². The van der Waals surface area contributed by atoms with Crippen molar-refractivity contribution in [1.29, 1.82) is 0 Å². The zero-order valence-electron chi connectivity index (χ0n) is 11.3. The van der Waals surface area contributed by atoms with E-state index in [1.807, 2.05) is 0 Å². The van der Waals surface area contributed by atoms with Crippen LogP contribution in [0.4, 0.5) is 5.69 Å². The molecule has 0 heterocycles. The Bertz CT molecular complexity index is 599. The van der Waals surface area contributed by atoms with E-state index in [2.05, 4.69) is 0 Å². The lowest BCUT2D eigenvalue weighted by molar-refractivity contribution is 0.387. The molecule has 1 fully saturated rings. The van der Waals surface area contributed by atoms with Crippen molar-refractivity contribution in [1.82, 2.24) is 4.31 Å². The Morgan fingerprint density at radius 3 is 2.50 bits per heavy atom. The molecule has 1 aromatic rings. The number of rotatable bonds is 4. The number of nitrogens with zero attached hydrogens (tertiary/aromatic N) is 1. The summed E-state index contributed by atoms with van der Waals surface area (Å²) < 4.78 is 26.5. The highest BCUT2D eigenvalue weighted by atomic mass is 35.5. The van der Waals surface area contributed by atoms with E-state index >= 15 is 0 Å². The fraction of sp³-hybridized carbons (Fsp3) is 0.538. The maximum atomic E-state index is 12.5. The van der Waals surface area contributed by atoms with Crippen LogP contribution in [-0.2, 0) is 10.0 Å². The predicted molar refractivity (Wildman–Crippen MR) is 82.6 cm³/mol. The minimum Gasteiger partial charge on any atom is -0.396 e. The molecule has 1 aromatic carbocycles. The van der Waals surface area contributed by atoms with Gasteiger partial charge in [-0.15, -0.1) is 0 Å². The van der Waals surface area contributed by atoms with Gasteiger partial charge in [0.05, 0.1) is 15.7 Å².